The van der Waals surface area contributed by atoms with Gasteiger partial charge in [0.1, 0.15) is 5.57 Å². The quantitative estimate of drug-likeness (QED) is 0.284. The summed E-state index contributed by atoms with van der Waals surface area (Å²) in [6, 6.07) is 0. The zero-order valence-electron chi connectivity index (χ0n) is 5.91. The van der Waals surface area contributed by atoms with Gasteiger partial charge in [-0.1, -0.05) is 0 Å². The Hall–Kier alpha value is -1.33. The molecular weight excluding hydrogens is 180 g/mol. The number of esters is 1. The highest BCUT2D eigenvalue weighted by atomic mass is 19.3. The summed E-state index contributed by atoms with van der Waals surface area (Å²) in [5, 5.41) is 0. The Bertz CT molecular complexity index is 236. The van der Waals surface area contributed by atoms with E-state index in [1.807, 2.05) is 0 Å². The second-order valence-corrected chi connectivity index (χ2v) is 1.60. The van der Waals surface area contributed by atoms with E-state index in [2.05, 4.69) is 4.74 Å². The van der Waals surface area contributed by atoms with E-state index in [1.165, 1.54) is 0 Å². The number of ether oxygens (including phenoxy) is 1. The van der Waals surface area contributed by atoms with Crippen LogP contribution in [-0.2, 0) is 9.53 Å². The van der Waals surface area contributed by atoms with E-state index >= 15 is 0 Å². The molecule has 0 aliphatic carbocycles. The third-order valence-corrected chi connectivity index (χ3v) is 0.862. The third-order valence-electron chi connectivity index (χ3n) is 0.862. The Kier molecular flexibility index (Phi) is 4.03. The zero-order valence-corrected chi connectivity index (χ0v) is 5.91. The van der Waals surface area contributed by atoms with E-state index < -0.39 is 23.7 Å². The van der Waals surface area contributed by atoms with Gasteiger partial charge in [-0.2, -0.15) is 17.6 Å². The maximum atomic E-state index is 11.7. The van der Waals surface area contributed by atoms with Crippen LogP contribution in [0.25, 0.3) is 0 Å². The standard InChI is InChI=1S/C6H4F4O2/c1-12-6(11)3(5(9)10)2-4(7)8/h2H,1H3. The molecule has 0 aliphatic rings. The van der Waals surface area contributed by atoms with Gasteiger partial charge in [-0.25, -0.2) is 4.79 Å². The second-order valence-electron chi connectivity index (χ2n) is 1.60. The summed E-state index contributed by atoms with van der Waals surface area (Å²) >= 11 is 0. The first-order valence-electron chi connectivity index (χ1n) is 2.65. The molecule has 0 N–H and O–H groups in total. The van der Waals surface area contributed by atoms with E-state index in [1.54, 1.807) is 0 Å². The van der Waals surface area contributed by atoms with Crippen molar-refractivity contribution in [3.05, 3.63) is 23.8 Å². The summed E-state index contributed by atoms with van der Waals surface area (Å²) in [6.45, 7) is 0. The number of carbonyl (C=O) groups excluding carboxylic acids is 1. The molecule has 0 aliphatic heterocycles. The van der Waals surface area contributed by atoms with Crippen molar-refractivity contribution in [1.29, 1.82) is 0 Å². The van der Waals surface area contributed by atoms with Crippen molar-refractivity contribution in [3.8, 4) is 0 Å². The highest BCUT2D eigenvalue weighted by Gasteiger charge is 2.15. The highest BCUT2D eigenvalue weighted by Crippen LogP contribution is 2.14. The van der Waals surface area contributed by atoms with Crippen LogP contribution in [-0.4, -0.2) is 13.1 Å². The van der Waals surface area contributed by atoms with Gasteiger partial charge in [-0.3, -0.25) is 0 Å². The van der Waals surface area contributed by atoms with Gasteiger partial charge in [0.2, 0.25) is 0 Å². The van der Waals surface area contributed by atoms with Crippen molar-refractivity contribution in [2.45, 2.75) is 0 Å². The molecule has 0 spiro atoms. The third kappa shape index (κ3) is 3.18. The summed E-state index contributed by atoms with van der Waals surface area (Å²) in [6.07, 6.45) is -5.14. The molecule has 0 saturated carbocycles. The Morgan fingerprint density at radius 3 is 2.00 bits per heavy atom. The van der Waals surface area contributed by atoms with Crippen LogP contribution in [0.2, 0.25) is 0 Å². The molecule has 0 bridgehead atoms. The fourth-order valence-electron chi connectivity index (χ4n) is 0.410. The number of halogens is 4. The molecule has 12 heavy (non-hydrogen) atoms. The highest BCUT2D eigenvalue weighted by molar-refractivity contribution is 5.91. The van der Waals surface area contributed by atoms with Gasteiger partial charge in [0.05, 0.1) is 7.11 Å². The first-order chi connectivity index (χ1) is 5.49. The summed E-state index contributed by atoms with van der Waals surface area (Å²) < 4.78 is 50.1. The molecule has 0 aromatic carbocycles. The molecule has 0 atom stereocenters. The minimum absolute atomic E-state index is 0.249. The molecule has 68 valence electrons. The molecule has 0 heterocycles. The Morgan fingerprint density at radius 1 is 1.25 bits per heavy atom. The average molecular weight is 184 g/mol. The molecular formula is C6H4F4O2. The average Bonchev–Trinajstić information content (AvgIpc) is 1.98. The predicted octanol–water partition coefficient (Wildman–Crippen LogP) is 2.09. The molecule has 2 nitrogen and oxygen atoms in total. The largest absolute Gasteiger partial charge is 0.465 e. The lowest BCUT2D eigenvalue weighted by Crippen LogP contribution is -2.03. The fourth-order valence-corrected chi connectivity index (χ4v) is 0.410. The lowest BCUT2D eigenvalue weighted by molar-refractivity contribution is -0.136. The van der Waals surface area contributed by atoms with Crippen molar-refractivity contribution < 1.29 is 27.1 Å². The van der Waals surface area contributed by atoms with Crippen molar-refractivity contribution in [3.63, 3.8) is 0 Å². The van der Waals surface area contributed by atoms with Crippen LogP contribution < -0.4 is 0 Å². The first kappa shape index (κ1) is 10.7. The maximum Gasteiger partial charge on any atom is 0.343 e. The minimum atomic E-state index is -2.50. The lowest BCUT2D eigenvalue weighted by atomic mass is 10.3. The molecule has 6 heteroatoms. The van der Waals surface area contributed by atoms with E-state index in [0.29, 0.717) is 0 Å². The molecule has 0 radical (unpaired) electrons. The van der Waals surface area contributed by atoms with Crippen molar-refractivity contribution in [2.24, 2.45) is 0 Å². The van der Waals surface area contributed by atoms with Crippen molar-refractivity contribution >= 4 is 5.97 Å². The van der Waals surface area contributed by atoms with Crippen molar-refractivity contribution in [2.75, 3.05) is 7.11 Å². The molecule has 0 fully saturated rings. The minimum Gasteiger partial charge on any atom is -0.465 e. The molecule has 0 unspecified atom stereocenters. The fraction of sp³-hybridized carbons (Fsp3) is 0.167. The smallest absolute Gasteiger partial charge is 0.343 e. The van der Waals surface area contributed by atoms with Crippen LogP contribution in [0.3, 0.4) is 0 Å². The van der Waals surface area contributed by atoms with Gasteiger partial charge in [0, 0.05) is 6.08 Å². The monoisotopic (exact) mass is 184 g/mol. The Balaban J connectivity index is 4.84. The zero-order chi connectivity index (χ0) is 9.72. The SMILES string of the molecule is COC(=O)C(C=C(F)F)=C(F)F. The van der Waals surface area contributed by atoms with E-state index in [0.717, 1.165) is 7.11 Å². The number of methoxy groups -OCH3 is 1. The van der Waals surface area contributed by atoms with Crippen LogP contribution in [0.1, 0.15) is 0 Å². The van der Waals surface area contributed by atoms with Crippen molar-refractivity contribution in [1.82, 2.24) is 0 Å². The van der Waals surface area contributed by atoms with E-state index in [9.17, 15) is 22.4 Å². The molecule has 0 aromatic heterocycles. The number of hydrogen-bond acceptors (Lipinski definition) is 2. The number of hydrogen-bond donors (Lipinski definition) is 0. The Labute approximate surface area is 65.1 Å². The van der Waals surface area contributed by atoms with Crippen LogP contribution in [0.4, 0.5) is 17.6 Å². The van der Waals surface area contributed by atoms with Gasteiger partial charge in [0.25, 0.3) is 12.2 Å². The maximum absolute atomic E-state index is 11.7. The number of rotatable bonds is 2. The van der Waals surface area contributed by atoms with Gasteiger partial charge < -0.3 is 4.74 Å². The lowest BCUT2D eigenvalue weighted by Gasteiger charge is -1.96. The summed E-state index contributed by atoms with van der Waals surface area (Å²) in [5.74, 6) is -1.50. The normalized spacial score (nSPS) is 8.75. The topological polar surface area (TPSA) is 26.3 Å². The van der Waals surface area contributed by atoms with Crippen LogP contribution >= 0.6 is 0 Å². The van der Waals surface area contributed by atoms with Crippen LogP contribution in [0.5, 0.6) is 0 Å². The van der Waals surface area contributed by atoms with E-state index in [4.69, 9.17) is 0 Å². The van der Waals surface area contributed by atoms with Crippen LogP contribution in [0, 0.1) is 0 Å². The predicted molar refractivity (Wildman–Crippen MR) is 31.6 cm³/mol. The van der Waals surface area contributed by atoms with Gasteiger partial charge in [-0.15, -0.1) is 0 Å². The molecule has 0 rings (SSSR count). The summed E-state index contributed by atoms with van der Waals surface area (Å²) in [5.41, 5.74) is -1.43. The van der Waals surface area contributed by atoms with Crippen LogP contribution in [0.15, 0.2) is 23.8 Å². The van der Waals surface area contributed by atoms with E-state index in [-0.39, 0.29) is 6.08 Å². The second kappa shape index (κ2) is 4.53. The molecule has 0 amide bonds. The van der Waals surface area contributed by atoms with Gasteiger partial charge in [-0.05, 0) is 0 Å². The van der Waals surface area contributed by atoms with Gasteiger partial charge >= 0.3 is 5.97 Å². The molecule has 0 saturated heterocycles. The number of carbonyl (C=O) groups is 1. The summed E-state index contributed by atoms with van der Waals surface area (Å²) in [7, 11) is 0.815. The Morgan fingerprint density at radius 2 is 1.75 bits per heavy atom. The summed E-state index contributed by atoms with van der Waals surface area (Å²) in [4.78, 5) is 10.4. The molecule has 0 aromatic rings. The van der Waals surface area contributed by atoms with Gasteiger partial charge in [0.15, 0.2) is 0 Å². The first-order valence-corrected chi connectivity index (χ1v) is 2.65.